The summed E-state index contributed by atoms with van der Waals surface area (Å²) in [6.07, 6.45) is 1.85. The highest BCUT2D eigenvalue weighted by Crippen LogP contribution is 2.30. The summed E-state index contributed by atoms with van der Waals surface area (Å²) in [6.45, 7) is 0. The molecule has 170 valence electrons. The molecule has 0 fully saturated rings. The number of nitrogens with zero attached hydrogens (tertiary/aromatic N) is 1. The maximum atomic E-state index is 13.9. The number of hydrogen-bond donors (Lipinski definition) is 0. The van der Waals surface area contributed by atoms with Gasteiger partial charge in [-0.2, -0.15) is 5.26 Å². The van der Waals surface area contributed by atoms with Crippen molar-refractivity contribution in [3.05, 3.63) is 93.0 Å². The Hall–Kier alpha value is -4.01. The van der Waals surface area contributed by atoms with Crippen molar-refractivity contribution in [3.8, 4) is 6.07 Å². The van der Waals surface area contributed by atoms with Gasteiger partial charge in [-0.15, -0.1) is 0 Å². The Labute approximate surface area is 177 Å². The van der Waals surface area contributed by atoms with Crippen LogP contribution in [0.4, 0.5) is 43.9 Å². The average Bonchev–Trinajstić information content (AvgIpc) is 3.25. The summed E-state index contributed by atoms with van der Waals surface area (Å²) in [4.78, 5) is 0. The number of allylic oxidation sites excluding steroid dienone is 1. The normalized spacial score (nSPS) is 12.0. The van der Waals surface area contributed by atoms with Crippen LogP contribution in [0, 0.1) is 69.5 Å². The second-order valence-corrected chi connectivity index (χ2v) is 6.17. The van der Waals surface area contributed by atoms with Gasteiger partial charge in [0.25, 0.3) is 0 Å². The van der Waals surface area contributed by atoms with Crippen molar-refractivity contribution >= 4 is 23.8 Å². The van der Waals surface area contributed by atoms with E-state index in [1.54, 1.807) is 0 Å². The smallest absolute Gasteiger partial charge is 0.200 e. The van der Waals surface area contributed by atoms with Crippen LogP contribution in [0.25, 0.3) is 23.8 Å². The lowest BCUT2D eigenvalue weighted by atomic mass is 10.0. The molecular formula is C21H5F10NO. The van der Waals surface area contributed by atoms with Crippen LogP contribution < -0.4 is 0 Å². The summed E-state index contributed by atoms with van der Waals surface area (Å²) in [5.41, 5.74) is -3.84. The van der Waals surface area contributed by atoms with E-state index in [0.717, 1.165) is 18.2 Å². The van der Waals surface area contributed by atoms with Crippen LogP contribution in [-0.2, 0) is 0 Å². The molecule has 33 heavy (non-hydrogen) atoms. The third kappa shape index (κ3) is 4.09. The Morgan fingerprint density at radius 3 is 1.52 bits per heavy atom. The first kappa shape index (κ1) is 23.6. The fourth-order valence-corrected chi connectivity index (χ4v) is 2.61. The second kappa shape index (κ2) is 8.85. The lowest BCUT2D eigenvalue weighted by Crippen LogP contribution is -2.06. The lowest BCUT2D eigenvalue weighted by molar-refractivity contribution is 0.376. The Balaban J connectivity index is 2.01. The van der Waals surface area contributed by atoms with E-state index in [-0.39, 0.29) is 11.5 Å². The van der Waals surface area contributed by atoms with E-state index in [1.165, 1.54) is 6.07 Å². The largest absolute Gasteiger partial charge is 0.457 e. The lowest BCUT2D eigenvalue weighted by Gasteiger charge is -2.06. The van der Waals surface area contributed by atoms with Crippen LogP contribution in [0.5, 0.6) is 0 Å². The van der Waals surface area contributed by atoms with Crippen LogP contribution >= 0.6 is 0 Å². The van der Waals surface area contributed by atoms with Gasteiger partial charge in [0.15, 0.2) is 46.5 Å². The number of hydrogen-bond acceptors (Lipinski definition) is 2. The second-order valence-electron chi connectivity index (χ2n) is 6.17. The van der Waals surface area contributed by atoms with E-state index < -0.39 is 74.9 Å². The fraction of sp³-hybridized carbons (Fsp3) is 0. The Kier molecular flexibility index (Phi) is 6.34. The summed E-state index contributed by atoms with van der Waals surface area (Å²) in [7, 11) is 0. The van der Waals surface area contributed by atoms with Crippen molar-refractivity contribution in [2.24, 2.45) is 0 Å². The first-order valence-electron chi connectivity index (χ1n) is 8.42. The van der Waals surface area contributed by atoms with Crippen LogP contribution in [0.2, 0.25) is 0 Å². The predicted molar refractivity (Wildman–Crippen MR) is 93.6 cm³/mol. The van der Waals surface area contributed by atoms with Gasteiger partial charge in [0.1, 0.15) is 17.6 Å². The first-order chi connectivity index (χ1) is 15.5. The molecule has 0 aliphatic carbocycles. The molecule has 2 aromatic carbocycles. The molecule has 0 aliphatic rings. The summed E-state index contributed by atoms with van der Waals surface area (Å²) in [5.74, 6) is -23.2. The molecule has 0 radical (unpaired) electrons. The molecule has 1 aromatic heterocycles. The molecule has 2 nitrogen and oxygen atoms in total. The van der Waals surface area contributed by atoms with Crippen LogP contribution in [0.3, 0.4) is 0 Å². The predicted octanol–water partition coefficient (Wildman–Crippen LogP) is 6.91. The molecule has 3 aromatic rings. The van der Waals surface area contributed by atoms with Crippen LogP contribution in [0.15, 0.2) is 16.5 Å². The number of nitriles is 1. The van der Waals surface area contributed by atoms with E-state index in [1.807, 2.05) is 0 Å². The zero-order chi connectivity index (χ0) is 24.6. The Morgan fingerprint density at radius 1 is 0.606 bits per heavy atom. The molecule has 0 N–H and O–H groups in total. The minimum absolute atomic E-state index is 0.292. The van der Waals surface area contributed by atoms with Crippen molar-refractivity contribution in [2.45, 2.75) is 0 Å². The molecule has 1 heterocycles. The molecule has 0 saturated heterocycles. The number of halogens is 10. The van der Waals surface area contributed by atoms with Crippen molar-refractivity contribution in [3.63, 3.8) is 0 Å². The third-order valence-corrected chi connectivity index (χ3v) is 4.19. The van der Waals surface area contributed by atoms with Crippen molar-refractivity contribution in [2.75, 3.05) is 0 Å². The van der Waals surface area contributed by atoms with Gasteiger partial charge in [0.05, 0.1) is 16.7 Å². The average molecular weight is 477 g/mol. The van der Waals surface area contributed by atoms with Gasteiger partial charge in [-0.05, 0) is 30.4 Å². The zero-order valence-electron chi connectivity index (χ0n) is 15.5. The summed E-state index contributed by atoms with van der Waals surface area (Å²) >= 11 is 0. The minimum atomic E-state index is -2.43. The van der Waals surface area contributed by atoms with Gasteiger partial charge in [-0.1, -0.05) is 0 Å². The Bertz CT molecular complexity index is 1320. The zero-order valence-corrected chi connectivity index (χ0v) is 15.5. The third-order valence-electron chi connectivity index (χ3n) is 4.19. The first-order valence-corrected chi connectivity index (χ1v) is 8.42. The summed E-state index contributed by atoms with van der Waals surface area (Å²) < 4.78 is 140. The molecular weight excluding hydrogens is 472 g/mol. The highest BCUT2D eigenvalue weighted by Gasteiger charge is 2.28. The highest BCUT2D eigenvalue weighted by atomic mass is 19.2. The summed E-state index contributed by atoms with van der Waals surface area (Å²) in [5, 5.41) is 9.10. The Morgan fingerprint density at radius 2 is 1.03 bits per heavy atom. The van der Waals surface area contributed by atoms with Gasteiger partial charge >= 0.3 is 0 Å². The molecule has 0 amide bonds. The maximum Gasteiger partial charge on any atom is 0.200 e. The van der Waals surface area contributed by atoms with Crippen molar-refractivity contribution in [1.82, 2.24) is 0 Å². The quantitative estimate of drug-likeness (QED) is 0.177. The molecule has 0 spiro atoms. The van der Waals surface area contributed by atoms with Gasteiger partial charge < -0.3 is 4.42 Å². The van der Waals surface area contributed by atoms with E-state index in [2.05, 4.69) is 0 Å². The van der Waals surface area contributed by atoms with Gasteiger partial charge in [0, 0.05) is 0 Å². The maximum absolute atomic E-state index is 13.9. The SMILES string of the molecule is N#C/C(=C\c1ccc(/C=C/c2c(F)c(F)c(F)c(F)c2F)o1)c1c(F)c(F)c(F)c(F)c1F. The highest BCUT2D eigenvalue weighted by molar-refractivity contribution is 5.89. The van der Waals surface area contributed by atoms with E-state index in [0.29, 0.717) is 12.2 Å². The molecule has 0 unspecified atom stereocenters. The molecule has 0 aliphatic heterocycles. The van der Waals surface area contributed by atoms with E-state index >= 15 is 0 Å². The van der Waals surface area contributed by atoms with E-state index in [9.17, 15) is 43.9 Å². The number of furan rings is 1. The van der Waals surface area contributed by atoms with Crippen molar-refractivity contribution < 1.29 is 48.3 Å². The standard InChI is InChI=1S/C21H5F10NO/c22-12-10(13(23)17(27)20(30)16(12)26)4-3-8-1-2-9(33-8)5-7(6-32)11-14(24)18(28)21(31)19(29)15(11)25/h1-5H/b4-3+,7-5+. The van der Waals surface area contributed by atoms with Gasteiger partial charge in [-0.25, -0.2) is 43.9 Å². The molecule has 0 atom stereocenters. The number of benzene rings is 2. The van der Waals surface area contributed by atoms with E-state index in [4.69, 9.17) is 9.68 Å². The van der Waals surface area contributed by atoms with Crippen molar-refractivity contribution in [1.29, 1.82) is 5.26 Å². The molecule has 12 heteroatoms. The minimum Gasteiger partial charge on any atom is -0.457 e. The number of rotatable bonds is 4. The summed E-state index contributed by atoms with van der Waals surface area (Å²) in [6, 6.07) is 3.34. The molecule has 0 saturated carbocycles. The monoisotopic (exact) mass is 477 g/mol. The molecule has 3 rings (SSSR count). The van der Waals surface area contributed by atoms with Crippen LogP contribution in [0.1, 0.15) is 22.6 Å². The topological polar surface area (TPSA) is 36.9 Å². The van der Waals surface area contributed by atoms with Gasteiger partial charge in [0.2, 0.25) is 11.6 Å². The fourth-order valence-electron chi connectivity index (χ4n) is 2.61. The van der Waals surface area contributed by atoms with Crippen LogP contribution in [-0.4, -0.2) is 0 Å². The van der Waals surface area contributed by atoms with Gasteiger partial charge in [-0.3, -0.25) is 0 Å². The molecule has 0 bridgehead atoms.